The molecule has 0 spiro atoms. The molecule has 1 heterocycles. The molecule has 0 radical (unpaired) electrons. The van der Waals surface area contributed by atoms with Gasteiger partial charge in [0, 0.05) is 38.0 Å². The Morgan fingerprint density at radius 3 is 2.48 bits per heavy atom. The van der Waals surface area contributed by atoms with E-state index < -0.39 is 9.84 Å². The van der Waals surface area contributed by atoms with E-state index in [9.17, 15) is 18.0 Å². The number of carbonyl (C=O) groups excluding carboxylic acids is 2. The number of hydrogen-bond acceptors (Lipinski definition) is 5. The van der Waals surface area contributed by atoms with Crippen LogP contribution in [-0.2, 0) is 25.8 Å². The quantitative estimate of drug-likeness (QED) is 0.638. The van der Waals surface area contributed by atoms with Crippen molar-refractivity contribution in [1.29, 1.82) is 0 Å². The Labute approximate surface area is 159 Å². The molecule has 8 heteroatoms. The molecule has 144 valence electrons. The van der Waals surface area contributed by atoms with Crippen LogP contribution in [0.2, 0.25) is 0 Å². The second kappa shape index (κ2) is 9.82. The van der Waals surface area contributed by atoms with E-state index in [-0.39, 0.29) is 28.9 Å². The highest BCUT2D eigenvalue weighted by molar-refractivity contribution is 7.91. The zero-order chi connectivity index (χ0) is 19.7. The molecule has 7 nitrogen and oxygen atoms in total. The predicted octanol–water partition coefficient (Wildman–Crippen LogP) is 1.95. The lowest BCUT2D eigenvalue weighted by Gasteiger charge is -2.08. The number of aromatic nitrogens is 1. The summed E-state index contributed by atoms with van der Waals surface area (Å²) in [5.74, 6) is -0.786. The molecule has 0 aliphatic heterocycles. The van der Waals surface area contributed by atoms with Gasteiger partial charge in [-0.1, -0.05) is 6.07 Å². The SMILES string of the molecule is CC(=O)Nc1ccc(S(=O)(=O)CCC(=O)NCCCc2cccnc2)cc1. The fourth-order valence-corrected chi connectivity index (χ4v) is 3.69. The van der Waals surface area contributed by atoms with Crippen LogP contribution in [0.25, 0.3) is 0 Å². The van der Waals surface area contributed by atoms with Gasteiger partial charge in [0.1, 0.15) is 0 Å². The summed E-state index contributed by atoms with van der Waals surface area (Å²) in [5, 5.41) is 5.31. The van der Waals surface area contributed by atoms with Crippen molar-refractivity contribution < 1.29 is 18.0 Å². The topological polar surface area (TPSA) is 105 Å². The Hall–Kier alpha value is -2.74. The van der Waals surface area contributed by atoms with Gasteiger partial charge in [0.25, 0.3) is 0 Å². The average Bonchev–Trinajstić information content (AvgIpc) is 2.64. The molecule has 1 aromatic carbocycles. The third kappa shape index (κ3) is 7.18. The standard InChI is InChI=1S/C19H23N3O4S/c1-15(23)22-17-6-8-18(9-7-17)27(25,26)13-10-19(24)21-12-3-5-16-4-2-11-20-14-16/h2,4,6-9,11,14H,3,5,10,12-13H2,1H3,(H,21,24)(H,22,23). The number of nitrogens with one attached hydrogen (secondary N) is 2. The summed E-state index contributed by atoms with van der Waals surface area (Å²) >= 11 is 0. The minimum Gasteiger partial charge on any atom is -0.356 e. The third-order valence-electron chi connectivity index (χ3n) is 3.82. The normalized spacial score (nSPS) is 11.0. The van der Waals surface area contributed by atoms with Crippen LogP contribution in [0.1, 0.15) is 25.3 Å². The van der Waals surface area contributed by atoms with E-state index in [0.29, 0.717) is 12.2 Å². The first-order valence-corrected chi connectivity index (χ1v) is 10.3. The molecule has 0 saturated heterocycles. The number of anilines is 1. The van der Waals surface area contributed by atoms with Crippen molar-refractivity contribution in [2.24, 2.45) is 0 Å². The van der Waals surface area contributed by atoms with Crippen molar-refractivity contribution in [3.8, 4) is 0 Å². The highest BCUT2D eigenvalue weighted by Gasteiger charge is 2.16. The number of carbonyl (C=O) groups is 2. The van der Waals surface area contributed by atoms with E-state index >= 15 is 0 Å². The van der Waals surface area contributed by atoms with Crippen molar-refractivity contribution >= 4 is 27.3 Å². The van der Waals surface area contributed by atoms with E-state index in [1.807, 2.05) is 12.1 Å². The molecule has 27 heavy (non-hydrogen) atoms. The fourth-order valence-electron chi connectivity index (χ4n) is 2.45. The van der Waals surface area contributed by atoms with Gasteiger partial charge in [-0.15, -0.1) is 0 Å². The van der Waals surface area contributed by atoms with E-state index in [0.717, 1.165) is 18.4 Å². The molecule has 0 aliphatic carbocycles. The molecule has 0 fully saturated rings. The summed E-state index contributed by atoms with van der Waals surface area (Å²) in [4.78, 5) is 27.0. The second-order valence-electron chi connectivity index (χ2n) is 6.09. The summed E-state index contributed by atoms with van der Waals surface area (Å²) in [6.45, 7) is 1.86. The Morgan fingerprint density at radius 2 is 1.85 bits per heavy atom. The van der Waals surface area contributed by atoms with E-state index in [4.69, 9.17) is 0 Å². The van der Waals surface area contributed by atoms with Crippen molar-refractivity contribution in [1.82, 2.24) is 10.3 Å². The first kappa shape index (κ1) is 20.6. The summed E-state index contributed by atoms with van der Waals surface area (Å²) in [5.41, 5.74) is 1.62. The number of sulfone groups is 1. The van der Waals surface area contributed by atoms with Gasteiger partial charge in [-0.3, -0.25) is 14.6 Å². The monoisotopic (exact) mass is 389 g/mol. The molecule has 2 amide bonds. The zero-order valence-corrected chi connectivity index (χ0v) is 16.0. The highest BCUT2D eigenvalue weighted by atomic mass is 32.2. The Morgan fingerprint density at radius 1 is 1.11 bits per heavy atom. The summed E-state index contributed by atoms with van der Waals surface area (Å²) in [7, 11) is -3.56. The number of pyridine rings is 1. The van der Waals surface area contributed by atoms with E-state index in [1.54, 1.807) is 12.4 Å². The van der Waals surface area contributed by atoms with Crippen molar-refractivity contribution in [2.75, 3.05) is 17.6 Å². The Kier molecular flexibility index (Phi) is 7.48. The molecule has 2 aromatic rings. The van der Waals surface area contributed by atoms with E-state index in [2.05, 4.69) is 15.6 Å². The minimum absolute atomic E-state index is 0.0946. The lowest BCUT2D eigenvalue weighted by molar-refractivity contribution is -0.120. The Bertz CT molecular complexity index is 866. The van der Waals surface area contributed by atoms with Gasteiger partial charge >= 0.3 is 0 Å². The predicted molar refractivity (Wildman–Crippen MR) is 103 cm³/mol. The molecule has 1 aromatic heterocycles. The van der Waals surface area contributed by atoms with Crippen LogP contribution >= 0.6 is 0 Å². The molecule has 2 rings (SSSR count). The number of rotatable bonds is 9. The lowest BCUT2D eigenvalue weighted by atomic mass is 10.1. The highest BCUT2D eigenvalue weighted by Crippen LogP contribution is 2.16. The largest absolute Gasteiger partial charge is 0.356 e. The molecular weight excluding hydrogens is 366 g/mol. The van der Waals surface area contributed by atoms with Crippen molar-refractivity contribution in [2.45, 2.75) is 31.1 Å². The molecule has 2 N–H and O–H groups in total. The van der Waals surface area contributed by atoms with Crippen molar-refractivity contribution in [3.63, 3.8) is 0 Å². The summed E-state index contributed by atoms with van der Waals surface area (Å²) in [6, 6.07) is 9.72. The van der Waals surface area contributed by atoms with Crippen LogP contribution in [0.4, 0.5) is 5.69 Å². The fraction of sp³-hybridized carbons (Fsp3) is 0.316. The zero-order valence-electron chi connectivity index (χ0n) is 15.1. The van der Waals surface area contributed by atoms with Crippen LogP contribution < -0.4 is 10.6 Å². The van der Waals surface area contributed by atoms with E-state index in [1.165, 1.54) is 31.2 Å². The number of aryl methyl sites for hydroxylation is 1. The first-order chi connectivity index (χ1) is 12.9. The first-order valence-electron chi connectivity index (χ1n) is 8.63. The van der Waals surface area contributed by atoms with Gasteiger partial charge in [-0.25, -0.2) is 8.42 Å². The maximum atomic E-state index is 12.3. The molecule has 0 bridgehead atoms. The average molecular weight is 389 g/mol. The van der Waals surface area contributed by atoms with Gasteiger partial charge < -0.3 is 10.6 Å². The summed E-state index contributed by atoms with van der Waals surface area (Å²) < 4.78 is 24.6. The summed E-state index contributed by atoms with van der Waals surface area (Å²) in [6.07, 6.45) is 4.95. The van der Waals surface area contributed by atoms with Gasteiger partial charge in [-0.2, -0.15) is 0 Å². The smallest absolute Gasteiger partial charge is 0.221 e. The molecule has 0 atom stereocenters. The van der Waals surface area contributed by atoms with Crippen LogP contribution in [-0.4, -0.2) is 37.5 Å². The van der Waals surface area contributed by atoms with Crippen LogP contribution in [0, 0.1) is 0 Å². The molecule has 0 unspecified atom stereocenters. The van der Waals surface area contributed by atoms with Gasteiger partial charge in [-0.05, 0) is 48.7 Å². The van der Waals surface area contributed by atoms with Gasteiger partial charge in [0.05, 0.1) is 10.6 Å². The number of amides is 2. The van der Waals surface area contributed by atoms with Gasteiger partial charge in [0.15, 0.2) is 9.84 Å². The molecule has 0 aliphatic rings. The second-order valence-corrected chi connectivity index (χ2v) is 8.20. The van der Waals surface area contributed by atoms with Crippen LogP contribution in [0.15, 0.2) is 53.7 Å². The van der Waals surface area contributed by atoms with Gasteiger partial charge in [0.2, 0.25) is 11.8 Å². The molecular formula is C19H23N3O4S. The van der Waals surface area contributed by atoms with Crippen LogP contribution in [0.5, 0.6) is 0 Å². The Balaban J connectivity index is 1.75. The minimum atomic E-state index is -3.56. The number of hydrogen-bond donors (Lipinski definition) is 2. The van der Waals surface area contributed by atoms with Crippen LogP contribution in [0.3, 0.4) is 0 Å². The number of benzene rings is 1. The number of nitrogens with zero attached hydrogens (tertiary/aromatic N) is 1. The van der Waals surface area contributed by atoms with Crippen molar-refractivity contribution in [3.05, 3.63) is 54.4 Å². The lowest BCUT2D eigenvalue weighted by Crippen LogP contribution is -2.26. The third-order valence-corrected chi connectivity index (χ3v) is 5.55. The maximum absolute atomic E-state index is 12.3. The molecule has 0 saturated carbocycles. The maximum Gasteiger partial charge on any atom is 0.221 e.